The van der Waals surface area contributed by atoms with Gasteiger partial charge in [0, 0.05) is 50.8 Å². The van der Waals surface area contributed by atoms with E-state index in [0.717, 1.165) is 16.8 Å². The van der Waals surface area contributed by atoms with Crippen molar-refractivity contribution in [2.45, 2.75) is 38.1 Å². The number of nitrogens with zero attached hydrogens (tertiary/aromatic N) is 2. The van der Waals surface area contributed by atoms with Crippen LogP contribution < -0.4 is 11.1 Å². The second-order valence-corrected chi connectivity index (χ2v) is 8.99. The minimum atomic E-state index is -4.49. The van der Waals surface area contributed by atoms with Crippen molar-refractivity contribution in [1.82, 2.24) is 10.2 Å². The molecule has 3 N–H and O–H groups in total. The van der Waals surface area contributed by atoms with E-state index in [1.165, 1.54) is 24.5 Å². The van der Waals surface area contributed by atoms with Crippen LogP contribution in [0.5, 0.6) is 0 Å². The lowest BCUT2D eigenvalue weighted by molar-refractivity contribution is -0.137. The Hall–Kier alpha value is -2.76. The Kier molecular flexibility index (Phi) is 6.30. The summed E-state index contributed by atoms with van der Waals surface area (Å²) in [5.41, 5.74) is 4.93. The number of nitrogens with two attached hydrogens (primary N) is 1. The molecular formula is C22H23F3N4O3S. The summed E-state index contributed by atoms with van der Waals surface area (Å²) in [4.78, 5) is 13.9. The van der Waals surface area contributed by atoms with Crippen LogP contribution in [-0.2, 0) is 22.2 Å². The molecule has 3 heterocycles. The number of fused-ring (bicyclic) bond motifs is 1. The highest BCUT2D eigenvalue weighted by Gasteiger charge is 2.41. The van der Waals surface area contributed by atoms with Crippen molar-refractivity contribution in [3.05, 3.63) is 46.0 Å². The number of anilines is 2. The Morgan fingerprint density at radius 3 is 2.64 bits per heavy atom. The minimum Gasteiger partial charge on any atom is -0.399 e. The fourth-order valence-electron chi connectivity index (χ4n) is 3.92. The number of carbonyl (C=O) groups excluding carboxylic acids is 1. The Balaban J connectivity index is 1.64. The molecule has 0 unspecified atom stereocenters. The summed E-state index contributed by atoms with van der Waals surface area (Å²) >= 11 is 1.30. The molecule has 0 bridgehead atoms. The van der Waals surface area contributed by atoms with Crippen LogP contribution in [0.1, 0.15) is 39.3 Å². The smallest absolute Gasteiger partial charge is 0.399 e. The van der Waals surface area contributed by atoms with E-state index < -0.39 is 17.3 Å². The van der Waals surface area contributed by atoms with Crippen LogP contribution in [0.2, 0.25) is 0 Å². The van der Waals surface area contributed by atoms with E-state index in [4.69, 9.17) is 15.2 Å². The number of nitrogen functional groups attached to an aromatic ring is 1. The lowest BCUT2D eigenvalue weighted by Crippen LogP contribution is -2.45. The van der Waals surface area contributed by atoms with Crippen LogP contribution in [-0.4, -0.2) is 41.9 Å². The van der Waals surface area contributed by atoms with Gasteiger partial charge in [-0.1, -0.05) is 0 Å². The second-order valence-electron chi connectivity index (χ2n) is 7.94. The Morgan fingerprint density at radius 1 is 1.24 bits per heavy atom. The number of alkyl halides is 3. The van der Waals surface area contributed by atoms with Crippen LogP contribution in [0.15, 0.2) is 24.3 Å². The number of thiophene rings is 1. The number of aryl methyl sites for hydroxylation is 1. The Bertz CT molecular complexity index is 1190. The first-order valence-electron chi connectivity index (χ1n) is 10.3. The highest BCUT2D eigenvalue weighted by atomic mass is 32.1. The molecule has 0 amide bonds. The summed E-state index contributed by atoms with van der Waals surface area (Å²) in [6.45, 7) is 2.73. The number of hydrogen-bond acceptors (Lipinski definition) is 8. The normalized spacial score (nSPS) is 16.2. The molecule has 0 atom stereocenters. The molecule has 176 valence electrons. The van der Waals surface area contributed by atoms with Gasteiger partial charge >= 0.3 is 6.18 Å². The molecule has 0 saturated carbocycles. The Labute approximate surface area is 192 Å². The van der Waals surface area contributed by atoms with E-state index in [1.807, 2.05) is 0 Å². The summed E-state index contributed by atoms with van der Waals surface area (Å²) < 4.78 is 51.1. The van der Waals surface area contributed by atoms with Gasteiger partial charge in [-0.3, -0.25) is 4.79 Å². The second kappa shape index (κ2) is 8.88. The third-order valence-corrected chi connectivity index (χ3v) is 6.99. The number of ether oxygens (including phenoxy) is 2. The molecule has 0 radical (unpaired) electrons. The van der Waals surface area contributed by atoms with E-state index in [1.54, 1.807) is 13.0 Å². The van der Waals surface area contributed by atoms with E-state index in [9.17, 15) is 18.0 Å². The summed E-state index contributed by atoms with van der Waals surface area (Å²) in [6, 6.07) is 5.14. The van der Waals surface area contributed by atoms with Gasteiger partial charge in [0.1, 0.15) is 5.60 Å². The van der Waals surface area contributed by atoms with Crippen LogP contribution >= 0.6 is 11.3 Å². The third-order valence-electron chi connectivity index (χ3n) is 5.75. The van der Waals surface area contributed by atoms with Crippen molar-refractivity contribution < 1.29 is 27.4 Å². The molecule has 0 aliphatic carbocycles. The molecule has 7 nitrogen and oxygen atoms in total. The lowest BCUT2D eigenvalue weighted by Gasteiger charge is -2.33. The summed E-state index contributed by atoms with van der Waals surface area (Å²) in [5.74, 6) is 0.255. The van der Waals surface area contributed by atoms with Crippen molar-refractivity contribution >= 4 is 38.7 Å². The zero-order chi connectivity index (χ0) is 23.8. The van der Waals surface area contributed by atoms with Gasteiger partial charge in [0.05, 0.1) is 20.8 Å². The molecule has 1 aliphatic rings. The first-order chi connectivity index (χ1) is 15.6. The number of hydrogen-bond donors (Lipinski definition) is 2. The topological polar surface area (TPSA) is 99.4 Å². The fourth-order valence-corrected chi connectivity index (χ4v) is 5.05. The number of rotatable bonds is 6. The SMILES string of the molecule is COC1(C(=O)c2cc3c(NCc4cc(N)cc(C(F)(F)F)c4)nnc(C)c3s2)CCOCC1. The van der Waals surface area contributed by atoms with E-state index in [0.29, 0.717) is 53.4 Å². The number of halogens is 3. The molecule has 1 aromatic carbocycles. The van der Waals surface area contributed by atoms with Crippen molar-refractivity contribution in [2.75, 3.05) is 31.4 Å². The van der Waals surface area contributed by atoms with Gasteiger partial charge in [0.15, 0.2) is 5.82 Å². The maximum atomic E-state index is 13.3. The summed E-state index contributed by atoms with van der Waals surface area (Å²) in [5, 5.41) is 12.0. The van der Waals surface area contributed by atoms with Gasteiger partial charge in [-0.25, -0.2) is 0 Å². The molecule has 1 aliphatic heterocycles. The molecule has 0 spiro atoms. The molecule has 11 heteroatoms. The molecule has 4 rings (SSSR count). The van der Waals surface area contributed by atoms with Crippen molar-refractivity contribution in [2.24, 2.45) is 0 Å². The zero-order valence-corrected chi connectivity index (χ0v) is 18.9. The fraction of sp³-hybridized carbons (Fsp3) is 0.409. The number of benzene rings is 1. The maximum absolute atomic E-state index is 13.3. The van der Waals surface area contributed by atoms with Crippen LogP contribution in [0.3, 0.4) is 0 Å². The number of aromatic nitrogens is 2. The highest BCUT2D eigenvalue weighted by Crippen LogP contribution is 2.37. The first-order valence-corrected chi connectivity index (χ1v) is 11.1. The van der Waals surface area contributed by atoms with Crippen LogP contribution in [0, 0.1) is 6.92 Å². The lowest BCUT2D eigenvalue weighted by atomic mass is 9.88. The van der Waals surface area contributed by atoms with Gasteiger partial charge in [0.2, 0.25) is 5.78 Å². The van der Waals surface area contributed by atoms with Gasteiger partial charge in [-0.15, -0.1) is 16.4 Å². The molecular weight excluding hydrogens is 457 g/mol. The van der Waals surface area contributed by atoms with E-state index in [-0.39, 0.29) is 18.0 Å². The summed E-state index contributed by atoms with van der Waals surface area (Å²) in [6.07, 6.45) is -3.56. The molecule has 2 aromatic heterocycles. The molecule has 3 aromatic rings. The number of methoxy groups -OCH3 is 1. The number of ketones is 1. The largest absolute Gasteiger partial charge is 0.416 e. The maximum Gasteiger partial charge on any atom is 0.416 e. The first kappa shape index (κ1) is 23.4. The van der Waals surface area contributed by atoms with Gasteiger partial charge in [-0.05, 0) is 36.8 Å². The average Bonchev–Trinajstić information content (AvgIpc) is 3.24. The number of Topliss-reactive ketones (excluding diaryl/α,β-unsaturated/α-hetero) is 1. The zero-order valence-electron chi connectivity index (χ0n) is 18.1. The standard InChI is InChI=1S/C22H23F3N4O3S/c1-12-18-16(10-17(33-18)19(30)21(31-2)3-5-32-6-4-21)20(29-28-12)27-11-13-7-14(22(23,24)25)9-15(26)8-13/h7-10H,3-6,11,26H2,1-2H3,(H,27,29). The monoisotopic (exact) mass is 480 g/mol. The van der Waals surface area contributed by atoms with Crippen LogP contribution in [0.25, 0.3) is 10.1 Å². The van der Waals surface area contributed by atoms with Gasteiger partial charge in [0.25, 0.3) is 0 Å². The van der Waals surface area contributed by atoms with Crippen LogP contribution in [0.4, 0.5) is 24.7 Å². The predicted molar refractivity (Wildman–Crippen MR) is 119 cm³/mol. The van der Waals surface area contributed by atoms with Gasteiger partial charge < -0.3 is 20.5 Å². The molecule has 1 saturated heterocycles. The minimum absolute atomic E-state index is 0.0199. The predicted octanol–water partition coefficient (Wildman–Crippen LogP) is 4.59. The Morgan fingerprint density at radius 2 is 1.97 bits per heavy atom. The van der Waals surface area contributed by atoms with Crippen molar-refractivity contribution in [3.63, 3.8) is 0 Å². The molecule has 1 fully saturated rings. The van der Waals surface area contributed by atoms with Crippen molar-refractivity contribution in [1.29, 1.82) is 0 Å². The summed E-state index contributed by atoms with van der Waals surface area (Å²) in [7, 11) is 1.53. The average molecular weight is 481 g/mol. The van der Waals surface area contributed by atoms with Gasteiger partial charge in [-0.2, -0.15) is 18.3 Å². The third kappa shape index (κ3) is 4.66. The quantitative estimate of drug-likeness (QED) is 0.393. The van der Waals surface area contributed by atoms with E-state index in [2.05, 4.69) is 15.5 Å². The van der Waals surface area contributed by atoms with E-state index >= 15 is 0 Å². The molecule has 33 heavy (non-hydrogen) atoms. The number of nitrogens with one attached hydrogen (secondary N) is 1. The van der Waals surface area contributed by atoms with Crippen molar-refractivity contribution in [3.8, 4) is 0 Å². The highest BCUT2D eigenvalue weighted by molar-refractivity contribution is 7.21. The number of carbonyl (C=O) groups is 1.